The Hall–Kier alpha value is -1.17. The van der Waals surface area contributed by atoms with Gasteiger partial charge in [0.15, 0.2) is 0 Å². The first-order chi connectivity index (χ1) is 4.36. The molecule has 0 saturated heterocycles. The fourth-order valence-electron chi connectivity index (χ4n) is 0.276. The maximum Gasteiger partial charge on any atom is 0.370 e. The van der Waals surface area contributed by atoms with Gasteiger partial charge in [-0.2, -0.15) is 4.39 Å². The zero-order chi connectivity index (χ0) is 8.36. The third-order valence-electron chi connectivity index (χ3n) is 0.713. The van der Waals surface area contributed by atoms with Crippen LogP contribution in [0.2, 0.25) is 0 Å². The molecule has 5 nitrogen and oxygen atoms in total. The van der Waals surface area contributed by atoms with E-state index in [1.807, 2.05) is 0 Å². The van der Waals surface area contributed by atoms with Gasteiger partial charge in [0.05, 0.1) is 0 Å². The summed E-state index contributed by atoms with van der Waals surface area (Å²) < 4.78 is 12.0. The van der Waals surface area contributed by atoms with Gasteiger partial charge in [-0.1, -0.05) is 0 Å². The highest BCUT2D eigenvalue weighted by atomic mass is 19.2. The van der Waals surface area contributed by atoms with Gasteiger partial charge >= 0.3 is 17.8 Å². The Bertz CT molecular complexity index is 163. The van der Waals surface area contributed by atoms with E-state index in [-0.39, 0.29) is 0 Å². The number of carbonyl (C=O) groups is 2. The Morgan fingerprint density at radius 3 is 1.90 bits per heavy atom. The van der Waals surface area contributed by atoms with Crippen molar-refractivity contribution in [2.75, 3.05) is 0 Å². The molecule has 1 unspecified atom stereocenters. The second-order valence-corrected chi connectivity index (χ2v) is 1.63. The molecule has 0 spiro atoms. The van der Waals surface area contributed by atoms with Crippen molar-refractivity contribution < 1.29 is 29.3 Å². The third-order valence-corrected chi connectivity index (χ3v) is 0.713. The Balaban J connectivity index is 4.13. The molecule has 0 aromatic rings. The van der Waals surface area contributed by atoms with Crippen LogP contribution >= 0.6 is 0 Å². The summed E-state index contributed by atoms with van der Waals surface area (Å²) in [6.07, 6.45) is -1.46. The van der Waals surface area contributed by atoms with E-state index in [0.29, 0.717) is 0 Å². The molecule has 0 aliphatic carbocycles. The Morgan fingerprint density at radius 1 is 1.40 bits per heavy atom. The number of rotatable bonds is 3. The van der Waals surface area contributed by atoms with Gasteiger partial charge in [-0.15, -0.1) is 0 Å². The van der Waals surface area contributed by atoms with Gasteiger partial charge in [-0.3, -0.25) is 4.79 Å². The maximum atomic E-state index is 12.0. The van der Waals surface area contributed by atoms with Crippen LogP contribution < -0.4 is 0 Å². The Labute approximate surface area is 54.7 Å². The van der Waals surface area contributed by atoms with Crippen LogP contribution in [0.5, 0.6) is 0 Å². The number of aliphatic hydroxyl groups is 1. The van der Waals surface area contributed by atoms with Crippen molar-refractivity contribution in [3.63, 3.8) is 0 Å². The summed E-state index contributed by atoms with van der Waals surface area (Å²) in [5.74, 6) is -7.58. The summed E-state index contributed by atoms with van der Waals surface area (Å²) in [5, 5.41) is 23.8. The molecule has 0 aliphatic heterocycles. The molecule has 0 saturated carbocycles. The lowest BCUT2D eigenvalue weighted by molar-refractivity contribution is -0.186. The minimum atomic E-state index is -3.66. The average molecular weight is 152 g/mol. The van der Waals surface area contributed by atoms with Crippen molar-refractivity contribution in [3.8, 4) is 0 Å². The highest BCUT2D eigenvalue weighted by Crippen LogP contribution is 2.11. The third kappa shape index (κ3) is 2.40. The Kier molecular flexibility index (Phi) is 2.30. The van der Waals surface area contributed by atoms with Gasteiger partial charge in [0.25, 0.3) is 0 Å². The van der Waals surface area contributed by atoms with Crippen molar-refractivity contribution in [2.45, 2.75) is 12.3 Å². The van der Waals surface area contributed by atoms with Gasteiger partial charge in [-0.05, 0) is 0 Å². The molecular formula is C4H5FO5. The van der Waals surface area contributed by atoms with Crippen LogP contribution in [-0.4, -0.2) is 33.1 Å². The van der Waals surface area contributed by atoms with Crippen LogP contribution in [0.25, 0.3) is 0 Å². The molecule has 0 aromatic heterocycles. The predicted molar refractivity (Wildman–Crippen MR) is 25.9 cm³/mol. The standard InChI is InChI=1S/C4H5FO5/c5-4(10,3(8)9)1-2(6)7/h10H,1H2,(H,6,7)(H,8,9). The van der Waals surface area contributed by atoms with E-state index in [1.165, 1.54) is 0 Å². The van der Waals surface area contributed by atoms with Crippen LogP contribution in [0.1, 0.15) is 6.42 Å². The molecule has 10 heavy (non-hydrogen) atoms. The number of carboxylic acids is 2. The first-order valence-electron chi connectivity index (χ1n) is 2.23. The zero-order valence-electron chi connectivity index (χ0n) is 4.74. The van der Waals surface area contributed by atoms with E-state index in [1.54, 1.807) is 0 Å². The van der Waals surface area contributed by atoms with E-state index in [9.17, 15) is 14.0 Å². The van der Waals surface area contributed by atoms with Crippen LogP contribution in [0, 0.1) is 0 Å². The number of alkyl halides is 1. The van der Waals surface area contributed by atoms with Crippen molar-refractivity contribution >= 4 is 11.9 Å². The minimum absolute atomic E-state index is 1.46. The summed E-state index contributed by atoms with van der Waals surface area (Å²) >= 11 is 0. The first-order valence-corrected chi connectivity index (χ1v) is 2.23. The second kappa shape index (κ2) is 2.61. The fourth-order valence-corrected chi connectivity index (χ4v) is 0.276. The van der Waals surface area contributed by atoms with Crippen molar-refractivity contribution in [1.29, 1.82) is 0 Å². The number of hydrogen-bond donors (Lipinski definition) is 3. The lowest BCUT2D eigenvalue weighted by atomic mass is 10.2. The lowest BCUT2D eigenvalue weighted by Gasteiger charge is -2.08. The summed E-state index contributed by atoms with van der Waals surface area (Å²) in [4.78, 5) is 19.3. The summed E-state index contributed by atoms with van der Waals surface area (Å²) in [6.45, 7) is 0. The highest BCUT2D eigenvalue weighted by molar-refractivity contribution is 5.81. The number of carboxylic acid groups (broad SMARTS) is 2. The molecule has 0 bridgehead atoms. The van der Waals surface area contributed by atoms with Gasteiger partial charge in [-0.25, -0.2) is 4.79 Å². The molecule has 6 heteroatoms. The topological polar surface area (TPSA) is 94.8 Å². The quantitative estimate of drug-likeness (QED) is 0.492. The van der Waals surface area contributed by atoms with Crippen LogP contribution in [0.15, 0.2) is 0 Å². The first kappa shape index (κ1) is 8.83. The predicted octanol–water partition coefficient (Wildman–Crippen LogP) is -0.796. The van der Waals surface area contributed by atoms with E-state index >= 15 is 0 Å². The summed E-state index contributed by atoms with van der Waals surface area (Å²) in [5.41, 5.74) is 0. The second-order valence-electron chi connectivity index (χ2n) is 1.63. The largest absolute Gasteiger partial charge is 0.481 e. The number of halogens is 1. The maximum absolute atomic E-state index is 12.0. The zero-order valence-corrected chi connectivity index (χ0v) is 4.74. The molecule has 58 valence electrons. The van der Waals surface area contributed by atoms with Crippen molar-refractivity contribution in [2.24, 2.45) is 0 Å². The molecule has 0 rings (SSSR count). The van der Waals surface area contributed by atoms with Crippen LogP contribution in [0.4, 0.5) is 4.39 Å². The average Bonchev–Trinajstić information content (AvgIpc) is 1.60. The normalized spacial score (nSPS) is 15.8. The summed E-state index contributed by atoms with van der Waals surface area (Å²) in [6, 6.07) is 0. The van der Waals surface area contributed by atoms with Gasteiger partial charge < -0.3 is 15.3 Å². The SMILES string of the molecule is O=C(O)CC(O)(F)C(=O)O. The smallest absolute Gasteiger partial charge is 0.370 e. The molecule has 0 aromatic carbocycles. The van der Waals surface area contributed by atoms with E-state index in [2.05, 4.69) is 0 Å². The lowest BCUT2D eigenvalue weighted by Crippen LogP contribution is -2.35. The molecule has 0 heterocycles. The number of hydrogen-bond acceptors (Lipinski definition) is 3. The molecule has 3 N–H and O–H groups in total. The molecule has 0 aliphatic rings. The van der Waals surface area contributed by atoms with E-state index in [0.717, 1.165) is 0 Å². The van der Waals surface area contributed by atoms with Crippen molar-refractivity contribution in [3.05, 3.63) is 0 Å². The number of aliphatic carboxylic acids is 2. The minimum Gasteiger partial charge on any atom is -0.481 e. The Morgan fingerprint density at radius 2 is 1.80 bits per heavy atom. The fraction of sp³-hybridized carbons (Fsp3) is 0.500. The molecule has 0 fully saturated rings. The molecule has 0 radical (unpaired) electrons. The molecule has 0 amide bonds. The van der Waals surface area contributed by atoms with Gasteiger partial charge in [0, 0.05) is 0 Å². The highest BCUT2D eigenvalue weighted by Gasteiger charge is 2.38. The molecular weight excluding hydrogens is 147 g/mol. The summed E-state index contributed by atoms with van der Waals surface area (Å²) in [7, 11) is 0. The van der Waals surface area contributed by atoms with E-state index < -0.39 is 24.2 Å². The van der Waals surface area contributed by atoms with Crippen LogP contribution in [0.3, 0.4) is 0 Å². The van der Waals surface area contributed by atoms with Gasteiger partial charge in [0.2, 0.25) is 0 Å². The van der Waals surface area contributed by atoms with Crippen molar-refractivity contribution in [1.82, 2.24) is 0 Å². The van der Waals surface area contributed by atoms with Crippen LogP contribution in [-0.2, 0) is 9.59 Å². The monoisotopic (exact) mass is 152 g/mol. The van der Waals surface area contributed by atoms with Gasteiger partial charge in [0.1, 0.15) is 6.42 Å². The molecule has 1 atom stereocenters. The van der Waals surface area contributed by atoms with E-state index in [4.69, 9.17) is 15.3 Å².